The number of fused-ring (bicyclic) bond motifs is 1. The van der Waals surface area contributed by atoms with E-state index in [0.717, 1.165) is 27.4 Å². The lowest BCUT2D eigenvalue weighted by Gasteiger charge is -2.06. The fourth-order valence-electron chi connectivity index (χ4n) is 2.70. The van der Waals surface area contributed by atoms with Gasteiger partial charge in [-0.15, -0.1) is 11.3 Å². The molecule has 4 rings (SSSR count). The van der Waals surface area contributed by atoms with E-state index in [0.29, 0.717) is 16.6 Å². The van der Waals surface area contributed by atoms with Crippen LogP contribution in [0.4, 0.5) is 5.13 Å². The number of carbonyl (C=O) groups excluding carboxylic acids is 1. The second kappa shape index (κ2) is 7.28. The number of nitrogens with zero attached hydrogens (tertiary/aromatic N) is 1. The van der Waals surface area contributed by atoms with Crippen LogP contribution in [0.15, 0.2) is 42.5 Å². The quantitative estimate of drug-likeness (QED) is 0.717. The van der Waals surface area contributed by atoms with Gasteiger partial charge in [0.2, 0.25) is 6.79 Å². The molecule has 0 radical (unpaired) electrons. The van der Waals surface area contributed by atoms with Crippen molar-refractivity contribution in [3.8, 4) is 28.5 Å². The standard InChI is InChI=1S/C20H18N2O4S/c1-12-3-6-15(7-4-12)24-10-18(23)21-20-22-19(13(2)27-20)14-5-8-16-17(9-14)26-11-25-16/h3-9H,10-11H2,1-2H3,(H,21,22,23). The molecule has 3 aromatic rings. The van der Waals surface area contributed by atoms with Crippen LogP contribution in [-0.4, -0.2) is 24.3 Å². The SMILES string of the molecule is Cc1ccc(OCC(=O)Nc2nc(-c3ccc4c(c3)OCO4)c(C)s2)cc1. The molecule has 0 fully saturated rings. The van der Waals surface area contributed by atoms with Gasteiger partial charge in [-0.1, -0.05) is 17.7 Å². The Morgan fingerprint density at radius 1 is 1.15 bits per heavy atom. The fraction of sp³-hybridized carbons (Fsp3) is 0.200. The molecule has 0 spiro atoms. The lowest BCUT2D eigenvalue weighted by atomic mass is 10.1. The van der Waals surface area contributed by atoms with Crippen LogP contribution in [0, 0.1) is 13.8 Å². The zero-order valence-corrected chi connectivity index (χ0v) is 15.8. The second-order valence-electron chi connectivity index (χ2n) is 6.14. The summed E-state index contributed by atoms with van der Waals surface area (Å²) in [6.07, 6.45) is 0. The van der Waals surface area contributed by atoms with Gasteiger partial charge >= 0.3 is 0 Å². The van der Waals surface area contributed by atoms with Crippen molar-refractivity contribution >= 4 is 22.4 Å². The van der Waals surface area contributed by atoms with Crippen molar-refractivity contribution in [1.82, 2.24) is 4.98 Å². The first-order chi connectivity index (χ1) is 13.1. The van der Waals surface area contributed by atoms with Gasteiger partial charge in [-0.3, -0.25) is 10.1 Å². The van der Waals surface area contributed by atoms with E-state index in [-0.39, 0.29) is 19.3 Å². The normalized spacial score (nSPS) is 12.1. The Morgan fingerprint density at radius 2 is 1.93 bits per heavy atom. The number of ether oxygens (including phenoxy) is 3. The number of amides is 1. The molecule has 7 heteroatoms. The van der Waals surface area contributed by atoms with Gasteiger partial charge in [-0.25, -0.2) is 4.98 Å². The van der Waals surface area contributed by atoms with Crippen LogP contribution >= 0.6 is 11.3 Å². The summed E-state index contributed by atoms with van der Waals surface area (Å²) in [6.45, 7) is 4.13. The molecule has 0 bridgehead atoms. The predicted octanol–water partition coefficient (Wildman–Crippen LogP) is 4.17. The van der Waals surface area contributed by atoms with Gasteiger partial charge in [-0.05, 0) is 44.2 Å². The van der Waals surface area contributed by atoms with Crippen LogP contribution in [-0.2, 0) is 4.79 Å². The molecule has 6 nitrogen and oxygen atoms in total. The van der Waals surface area contributed by atoms with Crippen molar-refractivity contribution in [2.45, 2.75) is 13.8 Å². The topological polar surface area (TPSA) is 69.7 Å². The summed E-state index contributed by atoms with van der Waals surface area (Å²) in [5.41, 5.74) is 2.87. The van der Waals surface area contributed by atoms with Gasteiger partial charge in [0.25, 0.3) is 5.91 Å². The number of thiazole rings is 1. The first-order valence-electron chi connectivity index (χ1n) is 8.45. The zero-order chi connectivity index (χ0) is 18.8. The first-order valence-corrected chi connectivity index (χ1v) is 9.27. The third-order valence-electron chi connectivity index (χ3n) is 4.08. The highest BCUT2D eigenvalue weighted by Gasteiger charge is 2.17. The molecule has 1 amide bonds. The molecule has 0 saturated carbocycles. The van der Waals surface area contributed by atoms with E-state index in [2.05, 4.69) is 10.3 Å². The van der Waals surface area contributed by atoms with Gasteiger partial charge in [-0.2, -0.15) is 0 Å². The smallest absolute Gasteiger partial charge is 0.264 e. The first kappa shape index (κ1) is 17.4. The number of benzene rings is 2. The summed E-state index contributed by atoms with van der Waals surface area (Å²) < 4.78 is 16.3. The monoisotopic (exact) mass is 382 g/mol. The molecular formula is C20H18N2O4S. The Balaban J connectivity index is 1.42. The highest BCUT2D eigenvalue weighted by Crippen LogP contribution is 2.38. The molecule has 2 heterocycles. The summed E-state index contributed by atoms with van der Waals surface area (Å²) in [7, 11) is 0. The molecule has 0 aliphatic carbocycles. The average molecular weight is 382 g/mol. The van der Waals surface area contributed by atoms with Crippen molar-refractivity contribution in [2.24, 2.45) is 0 Å². The minimum atomic E-state index is -0.249. The number of aryl methyl sites for hydroxylation is 2. The highest BCUT2D eigenvalue weighted by molar-refractivity contribution is 7.16. The van der Waals surface area contributed by atoms with Crippen LogP contribution < -0.4 is 19.5 Å². The van der Waals surface area contributed by atoms with Crippen molar-refractivity contribution < 1.29 is 19.0 Å². The van der Waals surface area contributed by atoms with Gasteiger partial charge in [0.15, 0.2) is 23.2 Å². The third kappa shape index (κ3) is 3.88. The van der Waals surface area contributed by atoms with Crippen molar-refractivity contribution in [2.75, 3.05) is 18.7 Å². The van der Waals surface area contributed by atoms with E-state index in [1.165, 1.54) is 11.3 Å². The van der Waals surface area contributed by atoms with Crippen LogP contribution in [0.1, 0.15) is 10.4 Å². The van der Waals surface area contributed by atoms with E-state index in [4.69, 9.17) is 14.2 Å². The minimum absolute atomic E-state index is 0.0684. The number of aromatic nitrogens is 1. The molecule has 1 aromatic heterocycles. The molecule has 138 valence electrons. The van der Waals surface area contributed by atoms with E-state index in [1.54, 1.807) is 0 Å². The van der Waals surface area contributed by atoms with Gasteiger partial charge < -0.3 is 14.2 Å². The largest absolute Gasteiger partial charge is 0.484 e. The van der Waals surface area contributed by atoms with Gasteiger partial charge in [0.1, 0.15) is 5.75 Å². The van der Waals surface area contributed by atoms with Crippen molar-refractivity contribution in [3.05, 3.63) is 52.9 Å². The molecule has 0 atom stereocenters. The molecule has 2 aromatic carbocycles. The summed E-state index contributed by atoms with van der Waals surface area (Å²) in [5.74, 6) is 1.85. The lowest BCUT2D eigenvalue weighted by molar-refractivity contribution is -0.118. The summed E-state index contributed by atoms with van der Waals surface area (Å²) >= 11 is 1.42. The maximum Gasteiger partial charge on any atom is 0.264 e. The van der Waals surface area contributed by atoms with Crippen LogP contribution in [0.25, 0.3) is 11.3 Å². The molecular weight excluding hydrogens is 364 g/mol. The Labute approximate surface area is 160 Å². The molecule has 1 aliphatic rings. The Hall–Kier alpha value is -3.06. The third-order valence-corrected chi connectivity index (χ3v) is 4.97. The summed E-state index contributed by atoms with van der Waals surface area (Å²) in [4.78, 5) is 17.7. The van der Waals surface area contributed by atoms with Crippen LogP contribution in [0.2, 0.25) is 0 Å². The number of rotatable bonds is 5. The highest BCUT2D eigenvalue weighted by atomic mass is 32.1. The van der Waals surface area contributed by atoms with E-state index < -0.39 is 0 Å². The number of nitrogens with one attached hydrogen (secondary N) is 1. The fourth-order valence-corrected chi connectivity index (χ4v) is 3.55. The number of anilines is 1. The molecule has 1 aliphatic heterocycles. The minimum Gasteiger partial charge on any atom is -0.484 e. The molecule has 0 saturated heterocycles. The summed E-state index contributed by atoms with van der Waals surface area (Å²) in [5, 5.41) is 3.33. The van der Waals surface area contributed by atoms with Crippen LogP contribution in [0.5, 0.6) is 17.2 Å². The summed E-state index contributed by atoms with van der Waals surface area (Å²) in [6, 6.07) is 13.3. The average Bonchev–Trinajstić information content (AvgIpc) is 3.26. The number of hydrogen-bond acceptors (Lipinski definition) is 6. The maximum absolute atomic E-state index is 12.2. The van der Waals surface area contributed by atoms with Crippen molar-refractivity contribution in [1.29, 1.82) is 0 Å². The molecule has 0 unspecified atom stereocenters. The Bertz CT molecular complexity index is 982. The van der Waals surface area contributed by atoms with Crippen LogP contribution in [0.3, 0.4) is 0 Å². The molecule has 1 N–H and O–H groups in total. The van der Waals surface area contributed by atoms with E-state index >= 15 is 0 Å². The predicted molar refractivity (Wildman–Crippen MR) is 104 cm³/mol. The molecule has 27 heavy (non-hydrogen) atoms. The maximum atomic E-state index is 12.2. The Kier molecular flexibility index (Phi) is 4.68. The lowest BCUT2D eigenvalue weighted by Crippen LogP contribution is -2.20. The number of carbonyl (C=O) groups is 1. The van der Waals surface area contributed by atoms with E-state index in [1.807, 2.05) is 56.3 Å². The van der Waals surface area contributed by atoms with Gasteiger partial charge in [0.05, 0.1) is 5.69 Å². The van der Waals surface area contributed by atoms with Gasteiger partial charge in [0, 0.05) is 10.4 Å². The second-order valence-corrected chi connectivity index (χ2v) is 7.34. The number of hydrogen-bond donors (Lipinski definition) is 1. The van der Waals surface area contributed by atoms with E-state index in [9.17, 15) is 4.79 Å². The van der Waals surface area contributed by atoms with Crippen molar-refractivity contribution in [3.63, 3.8) is 0 Å². The zero-order valence-electron chi connectivity index (χ0n) is 14.9. The Morgan fingerprint density at radius 3 is 2.74 bits per heavy atom.